The second kappa shape index (κ2) is 6.39. The van der Waals surface area contributed by atoms with Gasteiger partial charge in [0, 0.05) is 42.6 Å². The molecule has 0 unspecified atom stereocenters. The lowest BCUT2D eigenvalue weighted by Gasteiger charge is -2.42. The number of nitrogens with zero attached hydrogens (tertiary/aromatic N) is 2. The van der Waals surface area contributed by atoms with Gasteiger partial charge < -0.3 is 14.5 Å². The van der Waals surface area contributed by atoms with E-state index < -0.39 is 0 Å². The number of carbonyl (C=O) groups excluding carboxylic acids is 1. The van der Waals surface area contributed by atoms with Crippen LogP contribution in [0.15, 0.2) is 6.07 Å². The molecule has 6 heteroatoms. The highest BCUT2D eigenvalue weighted by atomic mass is 32.2. The van der Waals surface area contributed by atoms with Gasteiger partial charge in [-0.1, -0.05) is 0 Å². The number of carbonyl (C=O) groups is 1. The fourth-order valence-electron chi connectivity index (χ4n) is 3.80. The molecule has 2 fully saturated rings. The van der Waals surface area contributed by atoms with Gasteiger partial charge in [0.25, 0.3) is 5.91 Å². The van der Waals surface area contributed by atoms with Crippen LogP contribution in [0.2, 0.25) is 0 Å². The topological polar surface area (TPSA) is 32.8 Å². The van der Waals surface area contributed by atoms with Gasteiger partial charge in [-0.05, 0) is 37.9 Å². The number of hydrogen-bond acceptors (Lipinski definition) is 5. The van der Waals surface area contributed by atoms with E-state index in [9.17, 15) is 4.79 Å². The lowest BCUT2D eigenvalue weighted by Crippen LogP contribution is -2.44. The number of rotatable bonds is 1. The van der Waals surface area contributed by atoms with Crippen LogP contribution in [0.25, 0.3) is 0 Å². The summed E-state index contributed by atoms with van der Waals surface area (Å²) in [6.45, 7) is 4.71. The molecule has 3 aliphatic heterocycles. The number of thiophene rings is 1. The first-order valence-electron chi connectivity index (χ1n) is 8.51. The molecular formula is C17H24N2O2S2. The van der Waals surface area contributed by atoms with Crippen LogP contribution in [-0.4, -0.2) is 67.0 Å². The molecule has 0 aliphatic carbocycles. The maximum absolute atomic E-state index is 12.8. The Morgan fingerprint density at radius 3 is 2.70 bits per heavy atom. The fourth-order valence-corrected chi connectivity index (χ4v) is 6.08. The molecule has 3 aliphatic rings. The molecule has 4 nitrogen and oxygen atoms in total. The number of hydrogen-bond donors (Lipinski definition) is 0. The molecule has 4 rings (SSSR count). The van der Waals surface area contributed by atoms with E-state index in [2.05, 4.69) is 18.0 Å². The highest BCUT2D eigenvalue weighted by molar-refractivity contribution is 7.99. The Morgan fingerprint density at radius 2 is 1.96 bits per heavy atom. The van der Waals surface area contributed by atoms with E-state index in [1.807, 2.05) is 16.7 Å². The number of likely N-dealkylation sites (tertiary alicyclic amines) is 1. The molecule has 2 saturated heterocycles. The predicted octanol–water partition coefficient (Wildman–Crippen LogP) is 2.43. The van der Waals surface area contributed by atoms with Gasteiger partial charge in [-0.15, -0.1) is 11.3 Å². The van der Waals surface area contributed by atoms with Gasteiger partial charge in [-0.3, -0.25) is 4.79 Å². The molecule has 1 aromatic rings. The Kier molecular flexibility index (Phi) is 4.43. The monoisotopic (exact) mass is 352 g/mol. The van der Waals surface area contributed by atoms with Gasteiger partial charge >= 0.3 is 0 Å². The van der Waals surface area contributed by atoms with Crippen LogP contribution in [0, 0.1) is 0 Å². The lowest BCUT2D eigenvalue weighted by atomic mass is 9.85. The number of fused-ring (bicyclic) bond motifs is 2. The Balaban J connectivity index is 1.60. The summed E-state index contributed by atoms with van der Waals surface area (Å²) in [5, 5.41) is 0. The number of ether oxygens (including phenoxy) is 1. The highest BCUT2D eigenvalue weighted by Gasteiger charge is 2.42. The second-order valence-corrected chi connectivity index (χ2v) is 9.04. The quantitative estimate of drug-likeness (QED) is 0.777. The van der Waals surface area contributed by atoms with Crippen LogP contribution in [-0.2, 0) is 16.8 Å². The molecule has 0 radical (unpaired) electrons. The molecule has 0 aromatic carbocycles. The van der Waals surface area contributed by atoms with Crippen LogP contribution in [0.5, 0.6) is 0 Å². The van der Waals surface area contributed by atoms with Crippen molar-refractivity contribution in [1.82, 2.24) is 9.80 Å². The minimum absolute atomic E-state index is 0.124. The van der Waals surface area contributed by atoms with E-state index in [4.69, 9.17) is 4.74 Å². The van der Waals surface area contributed by atoms with Crippen molar-refractivity contribution in [1.29, 1.82) is 0 Å². The minimum atomic E-state index is -0.124. The van der Waals surface area contributed by atoms with Crippen LogP contribution < -0.4 is 0 Å². The summed E-state index contributed by atoms with van der Waals surface area (Å²) in [6, 6.07) is 2.16. The third-order valence-electron chi connectivity index (χ3n) is 5.28. The van der Waals surface area contributed by atoms with Crippen molar-refractivity contribution in [3.05, 3.63) is 21.4 Å². The van der Waals surface area contributed by atoms with Gasteiger partial charge in [-0.25, -0.2) is 0 Å². The molecule has 4 heterocycles. The van der Waals surface area contributed by atoms with E-state index in [1.54, 1.807) is 11.3 Å². The van der Waals surface area contributed by atoms with Crippen LogP contribution in [0.4, 0.5) is 0 Å². The van der Waals surface area contributed by atoms with E-state index in [0.717, 1.165) is 68.4 Å². The van der Waals surface area contributed by atoms with Crippen LogP contribution in [0.1, 0.15) is 33.0 Å². The third-order valence-corrected chi connectivity index (χ3v) is 7.57. The smallest absolute Gasteiger partial charge is 0.263 e. The summed E-state index contributed by atoms with van der Waals surface area (Å²) in [5.74, 6) is 2.36. The Labute approximate surface area is 146 Å². The van der Waals surface area contributed by atoms with Gasteiger partial charge in [0.1, 0.15) is 5.60 Å². The van der Waals surface area contributed by atoms with E-state index in [-0.39, 0.29) is 11.5 Å². The Bertz CT molecular complexity index is 587. The summed E-state index contributed by atoms with van der Waals surface area (Å²) in [7, 11) is 2.17. The molecule has 1 amide bonds. The molecule has 1 aromatic heterocycles. The van der Waals surface area contributed by atoms with Gasteiger partial charge in [0.15, 0.2) is 0 Å². The zero-order valence-corrected chi connectivity index (χ0v) is 15.3. The van der Waals surface area contributed by atoms with Gasteiger partial charge in [-0.2, -0.15) is 11.8 Å². The summed E-state index contributed by atoms with van der Waals surface area (Å²) in [6.07, 6.45) is 3.04. The average molecular weight is 353 g/mol. The largest absolute Gasteiger partial charge is 0.369 e. The summed E-state index contributed by atoms with van der Waals surface area (Å²) in [4.78, 5) is 19.5. The fraction of sp³-hybridized carbons (Fsp3) is 0.706. The van der Waals surface area contributed by atoms with Crippen molar-refractivity contribution in [2.24, 2.45) is 0 Å². The number of piperidine rings is 1. The molecular weight excluding hydrogens is 328 g/mol. The van der Waals surface area contributed by atoms with Crippen LogP contribution >= 0.6 is 23.1 Å². The Hall–Kier alpha value is -0.560. The summed E-state index contributed by atoms with van der Waals surface area (Å²) >= 11 is 3.64. The number of amides is 1. The first kappa shape index (κ1) is 15.9. The van der Waals surface area contributed by atoms with Crippen molar-refractivity contribution < 1.29 is 9.53 Å². The van der Waals surface area contributed by atoms with E-state index in [0.29, 0.717) is 0 Å². The summed E-state index contributed by atoms with van der Waals surface area (Å²) < 4.78 is 6.28. The predicted molar refractivity (Wildman–Crippen MR) is 95.6 cm³/mol. The molecule has 0 saturated carbocycles. The van der Waals surface area contributed by atoms with E-state index in [1.165, 1.54) is 10.4 Å². The number of thioether (sulfide) groups is 1. The second-order valence-electron chi connectivity index (χ2n) is 6.77. The normalized spacial score (nSPS) is 24.7. The maximum atomic E-state index is 12.8. The zero-order valence-electron chi connectivity index (χ0n) is 13.7. The first-order chi connectivity index (χ1) is 11.2. The van der Waals surface area contributed by atoms with Crippen molar-refractivity contribution in [3.63, 3.8) is 0 Å². The van der Waals surface area contributed by atoms with Crippen molar-refractivity contribution in [2.75, 3.05) is 51.3 Å². The Morgan fingerprint density at radius 1 is 1.22 bits per heavy atom. The van der Waals surface area contributed by atoms with Crippen molar-refractivity contribution in [2.45, 2.75) is 24.9 Å². The average Bonchev–Trinajstić information content (AvgIpc) is 3.04. The van der Waals surface area contributed by atoms with Crippen LogP contribution in [0.3, 0.4) is 0 Å². The van der Waals surface area contributed by atoms with Crippen molar-refractivity contribution >= 4 is 29.0 Å². The molecule has 1 spiro atoms. The zero-order chi connectivity index (χ0) is 15.9. The standard InChI is InChI=1S/C17H24N2O2S2/c1-18-5-3-17(4-6-18)15-13(2-9-21-17)12-14(23-15)16(20)19-7-10-22-11-8-19/h12H,2-11H2,1H3. The van der Waals surface area contributed by atoms with E-state index >= 15 is 0 Å². The van der Waals surface area contributed by atoms with Crippen molar-refractivity contribution in [3.8, 4) is 0 Å². The highest BCUT2D eigenvalue weighted by Crippen LogP contribution is 2.45. The molecule has 126 valence electrons. The van der Waals surface area contributed by atoms with Gasteiger partial charge in [0.05, 0.1) is 11.5 Å². The van der Waals surface area contributed by atoms with Gasteiger partial charge in [0.2, 0.25) is 0 Å². The third kappa shape index (κ3) is 2.95. The SMILES string of the molecule is CN1CCC2(CC1)OCCc1cc(C(=O)N3CCSCC3)sc12. The summed E-state index contributed by atoms with van der Waals surface area (Å²) in [5.41, 5.74) is 1.24. The lowest BCUT2D eigenvalue weighted by molar-refractivity contribution is -0.0921. The molecule has 0 bridgehead atoms. The molecule has 0 N–H and O–H groups in total. The first-order valence-corrected chi connectivity index (χ1v) is 10.5. The maximum Gasteiger partial charge on any atom is 0.263 e. The molecule has 0 atom stereocenters. The molecule has 23 heavy (non-hydrogen) atoms. The minimum Gasteiger partial charge on any atom is -0.369 e.